The molecule has 2 aromatic carbocycles. The number of fused-ring (bicyclic) bond motifs is 2. The van der Waals surface area contributed by atoms with Gasteiger partial charge in [-0.2, -0.15) is 5.10 Å². The van der Waals surface area contributed by atoms with E-state index in [0.717, 1.165) is 38.8 Å². The summed E-state index contributed by atoms with van der Waals surface area (Å²) >= 11 is 6.32. The largest absolute Gasteiger partial charge is 0.359 e. The molecule has 0 atom stereocenters. The molecule has 27 heavy (non-hydrogen) atoms. The third kappa shape index (κ3) is 2.90. The third-order valence-electron chi connectivity index (χ3n) is 4.46. The number of aromatic nitrogens is 5. The maximum Gasteiger partial charge on any atom is 0.161 e. The quantitative estimate of drug-likeness (QED) is 0.405. The van der Waals surface area contributed by atoms with Gasteiger partial charge in [0.25, 0.3) is 0 Å². The number of hydrogen-bond donors (Lipinski definition) is 3. The zero-order valence-corrected chi connectivity index (χ0v) is 15.2. The highest BCUT2D eigenvalue weighted by molar-refractivity contribution is 6.32. The number of anilines is 2. The second kappa shape index (κ2) is 6.10. The van der Waals surface area contributed by atoms with Crippen LogP contribution < -0.4 is 5.32 Å². The molecule has 0 amide bonds. The van der Waals surface area contributed by atoms with Crippen molar-refractivity contribution in [2.24, 2.45) is 0 Å². The molecule has 7 heteroatoms. The average molecular weight is 375 g/mol. The van der Waals surface area contributed by atoms with Crippen molar-refractivity contribution in [2.45, 2.75) is 6.92 Å². The Morgan fingerprint density at radius 2 is 1.89 bits per heavy atom. The Hall–Kier alpha value is -3.38. The van der Waals surface area contributed by atoms with Crippen LogP contribution in [0.25, 0.3) is 33.2 Å². The standard InChI is InChI=1S/C20H15ClN6/c1-11-6-12-2-3-13(8-18(12)24-11)19-22-10-16(21)20(26-19)25-15-4-5-17-14(7-15)9-23-27-17/h2-10,24H,1H3,(H,23,27)(H,22,25,26). The topological polar surface area (TPSA) is 82.3 Å². The van der Waals surface area contributed by atoms with Crippen molar-refractivity contribution in [1.29, 1.82) is 0 Å². The average Bonchev–Trinajstić information content (AvgIpc) is 3.27. The normalized spacial score (nSPS) is 11.3. The predicted octanol–water partition coefficient (Wildman–Crippen LogP) is 5.21. The van der Waals surface area contributed by atoms with E-state index in [2.05, 4.69) is 42.6 Å². The molecule has 6 nitrogen and oxygen atoms in total. The van der Waals surface area contributed by atoms with E-state index < -0.39 is 0 Å². The fraction of sp³-hybridized carbons (Fsp3) is 0.0500. The summed E-state index contributed by atoms with van der Waals surface area (Å²) in [5.74, 6) is 1.17. The number of aryl methyl sites for hydroxylation is 1. The first kappa shape index (κ1) is 15.8. The highest BCUT2D eigenvalue weighted by Crippen LogP contribution is 2.28. The summed E-state index contributed by atoms with van der Waals surface area (Å²) in [5.41, 5.74) is 4.96. The van der Waals surface area contributed by atoms with Crippen LogP contribution in [0.5, 0.6) is 0 Å². The van der Waals surface area contributed by atoms with Crippen molar-refractivity contribution >= 4 is 44.9 Å². The first-order valence-corrected chi connectivity index (χ1v) is 8.86. The zero-order chi connectivity index (χ0) is 18.4. The summed E-state index contributed by atoms with van der Waals surface area (Å²) in [6, 6.07) is 14.1. The molecule has 132 valence electrons. The summed E-state index contributed by atoms with van der Waals surface area (Å²) in [6.07, 6.45) is 3.40. The summed E-state index contributed by atoms with van der Waals surface area (Å²) in [4.78, 5) is 12.4. The van der Waals surface area contributed by atoms with Crippen molar-refractivity contribution in [1.82, 2.24) is 25.1 Å². The minimum atomic E-state index is 0.461. The molecule has 0 spiro atoms. The van der Waals surface area contributed by atoms with Crippen LogP contribution >= 0.6 is 11.6 Å². The van der Waals surface area contributed by atoms with Gasteiger partial charge in [-0.25, -0.2) is 9.97 Å². The van der Waals surface area contributed by atoms with Crippen molar-refractivity contribution in [3.63, 3.8) is 0 Å². The molecule has 0 radical (unpaired) electrons. The number of nitrogens with one attached hydrogen (secondary N) is 3. The van der Waals surface area contributed by atoms with Crippen molar-refractivity contribution in [3.8, 4) is 11.4 Å². The van der Waals surface area contributed by atoms with Gasteiger partial charge in [-0.3, -0.25) is 5.10 Å². The Morgan fingerprint density at radius 3 is 2.81 bits per heavy atom. The minimum absolute atomic E-state index is 0.461. The SMILES string of the molecule is Cc1cc2ccc(-c3ncc(Cl)c(Nc4ccc5[nH]ncc5c4)n3)cc2[nH]1. The summed E-state index contributed by atoms with van der Waals surface area (Å²) < 4.78 is 0. The van der Waals surface area contributed by atoms with E-state index in [-0.39, 0.29) is 0 Å². The lowest BCUT2D eigenvalue weighted by molar-refractivity contribution is 1.12. The van der Waals surface area contributed by atoms with Crippen LogP contribution in [0.15, 0.2) is 54.9 Å². The van der Waals surface area contributed by atoms with Crippen LogP contribution in [0, 0.1) is 6.92 Å². The van der Waals surface area contributed by atoms with E-state index in [4.69, 9.17) is 11.6 Å². The zero-order valence-electron chi connectivity index (χ0n) is 14.4. The van der Waals surface area contributed by atoms with Crippen LogP contribution in [0.3, 0.4) is 0 Å². The van der Waals surface area contributed by atoms with Crippen LogP contribution in [0.1, 0.15) is 5.69 Å². The lowest BCUT2D eigenvalue weighted by Gasteiger charge is -2.09. The first-order chi connectivity index (χ1) is 13.2. The molecule has 5 rings (SSSR count). The van der Waals surface area contributed by atoms with Gasteiger partial charge in [-0.05, 0) is 42.6 Å². The minimum Gasteiger partial charge on any atom is -0.359 e. The maximum absolute atomic E-state index is 6.32. The van der Waals surface area contributed by atoms with Crippen molar-refractivity contribution < 1.29 is 0 Å². The van der Waals surface area contributed by atoms with Gasteiger partial charge in [-0.15, -0.1) is 0 Å². The Morgan fingerprint density at radius 1 is 0.963 bits per heavy atom. The second-order valence-corrected chi connectivity index (χ2v) is 6.85. The third-order valence-corrected chi connectivity index (χ3v) is 4.74. The van der Waals surface area contributed by atoms with Gasteiger partial charge in [0, 0.05) is 27.8 Å². The molecule has 0 aliphatic carbocycles. The Kier molecular flexibility index (Phi) is 3.58. The van der Waals surface area contributed by atoms with Crippen molar-refractivity contribution in [2.75, 3.05) is 5.32 Å². The number of H-pyrrole nitrogens is 2. The van der Waals surface area contributed by atoms with E-state index in [9.17, 15) is 0 Å². The molecule has 0 saturated carbocycles. The summed E-state index contributed by atoms with van der Waals surface area (Å²) in [6.45, 7) is 2.04. The van der Waals surface area contributed by atoms with Crippen LogP contribution in [0.4, 0.5) is 11.5 Å². The van der Waals surface area contributed by atoms with E-state index in [1.165, 1.54) is 0 Å². The molecule has 0 aliphatic heterocycles. The van der Waals surface area contributed by atoms with E-state index >= 15 is 0 Å². The van der Waals surface area contributed by atoms with Gasteiger partial charge in [0.2, 0.25) is 0 Å². The molecule has 3 aromatic heterocycles. The molecular weight excluding hydrogens is 360 g/mol. The van der Waals surface area contributed by atoms with Gasteiger partial charge in [-0.1, -0.05) is 23.7 Å². The number of halogens is 1. The molecule has 0 fully saturated rings. The van der Waals surface area contributed by atoms with Gasteiger partial charge in [0.05, 0.1) is 17.9 Å². The first-order valence-electron chi connectivity index (χ1n) is 8.48. The smallest absolute Gasteiger partial charge is 0.161 e. The molecule has 0 unspecified atom stereocenters. The Bertz CT molecular complexity index is 1290. The molecule has 3 heterocycles. The molecular formula is C20H15ClN6. The molecule has 0 aliphatic rings. The number of benzene rings is 2. The lowest BCUT2D eigenvalue weighted by atomic mass is 10.1. The molecule has 5 aromatic rings. The fourth-order valence-electron chi connectivity index (χ4n) is 3.16. The van der Waals surface area contributed by atoms with E-state index in [0.29, 0.717) is 16.7 Å². The molecule has 0 bridgehead atoms. The number of hydrogen-bond acceptors (Lipinski definition) is 4. The van der Waals surface area contributed by atoms with Crippen LogP contribution in [0.2, 0.25) is 5.02 Å². The van der Waals surface area contributed by atoms with Crippen LogP contribution in [-0.4, -0.2) is 25.1 Å². The number of nitrogens with zero attached hydrogens (tertiary/aromatic N) is 3. The Labute approximate surface area is 159 Å². The molecule has 0 saturated heterocycles. The van der Waals surface area contributed by atoms with Gasteiger partial charge >= 0.3 is 0 Å². The van der Waals surface area contributed by atoms with E-state index in [1.54, 1.807) is 12.4 Å². The van der Waals surface area contributed by atoms with Crippen molar-refractivity contribution in [3.05, 3.63) is 65.6 Å². The maximum atomic E-state index is 6.32. The number of rotatable bonds is 3. The highest BCUT2D eigenvalue weighted by atomic mass is 35.5. The monoisotopic (exact) mass is 374 g/mol. The van der Waals surface area contributed by atoms with Gasteiger partial charge in [0.15, 0.2) is 11.6 Å². The highest BCUT2D eigenvalue weighted by Gasteiger charge is 2.10. The van der Waals surface area contributed by atoms with Gasteiger partial charge in [0.1, 0.15) is 5.02 Å². The predicted molar refractivity (Wildman–Crippen MR) is 108 cm³/mol. The second-order valence-electron chi connectivity index (χ2n) is 6.44. The summed E-state index contributed by atoms with van der Waals surface area (Å²) in [7, 11) is 0. The fourth-order valence-corrected chi connectivity index (χ4v) is 3.30. The van der Waals surface area contributed by atoms with E-state index in [1.807, 2.05) is 37.3 Å². The lowest BCUT2D eigenvalue weighted by Crippen LogP contribution is -1.98. The molecule has 3 N–H and O–H groups in total. The Balaban J connectivity index is 1.52. The van der Waals surface area contributed by atoms with Crippen LogP contribution in [-0.2, 0) is 0 Å². The van der Waals surface area contributed by atoms with Gasteiger partial charge < -0.3 is 10.3 Å². The number of aromatic amines is 2. The summed E-state index contributed by atoms with van der Waals surface area (Å²) in [5, 5.41) is 12.9.